The molecule has 2 atom stereocenters. The molecule has 0 radical (unpaired) electrons. The monoisotopic (exact) mass is 494 g/mol. The number of hydrogen-bond donors (Lipinski definition) is 2. The van der Waals surface area contributed by atoms with E-state index in [-0.39, 0.29) is 13.2 Å². The van der Waals surface area contributed by atoms with Crippen LogP contribution in [0.3, 0.4) is 0 Å². The van der Waals surface area contributed by atoms with Crippen molar-refractivity contribution in [3.05, 3.63) is 119 Å². The van der Waals surface area contributed by atoms with Gasteiger partial charge < -0.3 is 19.7 Å². The minimum absolute atomic E-state index is 0.279. The summed E-state index contributed by atoms with van der Waals surface area (Å²) in [6.45, 7) is 4.44. The summed E-state index contributed by atoms with van der Waals surface area (Å²) in [5.74, 6) is 1.48. The zero-order valence-corrected chi connectivity index (χ0v) is 21.4. The molecular formula is C33H34O4. The van der Waals surface area contributed by atoms with Crippen LogP contribution in [0.15, 0.2) is 97.1 Å². The van der Waals surface area contributed by atoms with Gasteiger partial charge in [-0.05, 0) is 70.5 Å². The molecule has 0 aromatic heterocycles. The molecule has 0 saturated heterocycles. The molecule has 0 aliphatic heterocycles. The van der Waals surface area contributed by atoms with Crippen molar-refractivity contribution in [3.8, 4) is 22.6 Å². The van der Waals surface area contributed by atoms with Gasteiger partial charge in [0.2, 0.25) is 0 Å². The summed E-state index contributed by atoms with van der Waals surface area (Å²) < 4.78 is 11.7. The predicted molar refractivity (Wildman–Crippen MR) is 147 cm³/mol. The van der Waals surface area contributed by atoms with Crippen molar-refractivity contribution in [1.29, 1.82) is 0 Å². The molecule has 5 rings (SSSR count). The summed E-state index contributed by atoms with van der Waals surface area (Å²) in [6.07, 6.45) is 0.371. The van der Waals surface area contributed by atoms with E-state index < -0.39 is 17.6 Å². The van der Waals surface area contributed by atoms with Gasteiger partial charge in [-0.3, -0.25) is 0 Å². The van der Waals surface area contributed by atoms with Crippen molar-refractivity contribution in [2.24, 2.45) is 0 Å². The van der Waals surface area contributed by atoms with E-state index in [1.165, 1.54) is 22.3 Å². The SMILES string of the molecule is CCC(O)COc1ccc(C2(c3ccc(OCC(O)CC)cc3)c3ccccc3-c3ccccc32)cc1. The highest BCUT2D eigenvalue weighted by Crippen LogP contribution is 2.56. The van der Waals surface area contributed by atoms with E-state index in [1.54, 1.807) is 0 Å². The molecule has 4 aromatic rings. The van der Waals surface area contributed by atoms with Crippen LogP contribution in [0.5, 0.6) is 11.5 Å². The van der Waals surface area contributed by atoms with E-state index >= 15 is 0 Å². The van der Waals surface area contributed by atoms with Crippen LogP contribution in [0.4, 0.5) is 0 Å². The minimum Gasteiger partial charge on any atom is -0.491 e. The first-order valence-corrected chi connectivity index (χ1v) is 13.1. The number of fused-ring (bicyclic) bond motifs is 3. The van der Waals surface area contributed by atoms with Crippen molar-refractivity contribution in [1.82, 2.24) is 0 Å². The first-order chi connectivity index (χ1) is 18.1. The quantitative estimate of drug-likeness (QED) is 0.238. The van der Waals surface area contributed by atoms with Crippen LogP contribution in [0, 0.1) is 0 Å². The fourth-order valence-corrected chi connectivity index (χ4v) is 5.25. The van der Waals surface area contributed by atoms with Crippen LogP contribution in [-0.2, 0) is 5.41 Å². The van der Waals surface area contributed by atoms with Crippen LogP contribution >= 0.6 is 0 Å². The second kappa shape index (κ2) is 10.8. The van der Waals surface area contributed by atoms with Gasteiger partial charge in [-0.2, -0.15) is 0 Å². The van der Waals surface area contributed by atoms with Gasteiger partial charge in [0.1, 0.15) is 24.7 Å². The number of aliphatic hydroxyl groups is 2. The van der Waals surface area contributed by atoms with E-state index in [9.17, 15) is 10.2 Å². The Bertz CT molecular complexity index is 1220. The average Bonchev–Trinajstić information content (AvgIpc) is 3.26. The first kappa shape index (κ1) is 25.1. The molecule has 0 saturated carbocycles. The standard InChI is InChI=1S/C33H34O4/c1-3-25(34)21-36-27-17-13-23(14-18-27)33(24-15-19-28(20-16-24)37-22-26(35)4-2)31-11-7-5-9-29(31)30-10-6-8-12-32(30)33/h5-20,25-26,34-35H,3-4,21-22H2,1-2H3. The van der Waals surface area contributed by atoms with Crippen LogP contribution in [0.2, 0.25) is 0 Å². The topological polar surface area (TPSA) is 58.9 Å². The number of aliphatic hydroxyl groups excluding tert-OH is 2. The fraction of sp³-hybridized carbons (Fsp3) is 0.273. The van der Waals surface area contributed by atoms with Crippen molar-refractivity contribution in [2.45, 2.75) is 44.3 Å². The van der Waals surface area contributed by atoms with E-state index in [4.69, 9.17) is 9.47 Å². The molecule has 2 unspecified atom stereocenters. The molecule has 0 fully saturated rings. The van der Waals surface area contributed by atoms with Gasteiger partial charge in [-0.25, -0.2) is 0 Å². The van der Waals surface area contributed by atoms with Crippen LogP contribution < -0.4 is 9.47 Å². The Kier molecular flexibility index (Phi) is 7.31. The number of benzene rings is 4. The third-order valence-electron chi connectivity index (χ3n) is 7.35. The zero-order chi connectivity index (χ0) is 25.8. The van der Waals surface area contributed by atoms with Crippen molar-refractivity contribution in [3.63, 3.8) is 0 Å². The number of hydrogen-bond acceptors (Lipinski definition) is 4. The summed E-state index contributed by atoms with van der Waals surface area (Å²) in [5, 5.41) is 19.8. The van der Waals surface area contributed by atoms with Crippen molar-refractivity contribution in [2.75, 3.05) is 13.2 Å². The molecule has 37 heavy (non-hydrogen) atoms. The lowest BCUT2D eigenvalue weighted by molar-refractivity contribution is 0.104. The Balaban J connectivity index is 1.61. The average molecular weight is 495 g/mol. The molecule has 4 aromatic carbocycles. The minimum atomic E-state index is -0.504. The first-order valence-electron chi connectivity index (χ1n) is 13.1. The van der Waals surface area contributed by atoms with Gasteiger partial charge in [0.05, 0.1) is 17.6 Å². The van der Waals surface area contributed by atoms with Gasteiger partial charge in [0, 0.05) is 0 Å². The molecule has 1 aliphatic rings. The van der Waals surface area contributed by atoms with Gasteiger partial charge in [-0.15, -0.1) is 0 Å². The Hall–Kier alpha value is -3.60. The fourth-order valence-electron chi connectivity index (χ4n) is 5.25. The highest BCUT2D eigenvalue weighted by molar-refractivity contribution is 5.86. The zero-order valence-electron chi connectivity index (χ0n) is 21.4. The Morgan fingerprint density at radius 2 is 0.946 bits per heavy atom. The maximum Gasteiger partial charge on any atom is 0.119 e. The molecule has 2 N–H and O–H groups in total. The lowest BCUT2D eigenvalue weighted by Crippen LogP contribution is -2.28. The summed E-state index contributed by atoms with van der Waals surface area (Å²) >= 11 is 0. The Labute approximate surface area is 219 Å². The van der Waals surface area contributed by atoms with Crippen molar-refractivity contribution < 1.29 is 19.7 Å². The number of rotatable bonds is 10. The highest BCUT2D eigenvalue weighted by Gasteiger charge is 2.45. The summed E-state index contributed by atoms with van der Waals surface area (Å²) in [4.78, 5) is 0. The Morgan fingerprint density at radius 1 is 0.568 bits per heavy atom. The molecular weight excluding hydrogens is 460 g/mol. The lowest BCUT2D eigenvalue weighted by atomic mass is 9.68. The highest BCUT2D eigenvalue weighted by atomic mass is 16.5. The van der Waals surface area contributed by atoms with Crippen LogP contribution in [-0.4, -0.2) is 35.6 Å². The van der Waals surface area contributed by atoms with Crippen LogP contribution in [0.1, 0.15) is 48.9 Å². The maximum absolute atomic E-state index is 9.91. The summed E-state index contributed by atoms with van der Waals surface area (Å²) in [7, 11) is 0. The molecule has 1 aliphatic carbocycles. The van der Waals surface area contributed by atoms with Crippen LogP contribution in [0.25, 0.3) is 11.1 Å². The van der Waals surface area contributed by atoms with E-state index in [1.807, 2.05) is 38.1 Å². The summed E-state index contributed by atoms with van der Waals surface area (Å²) in [5.41, 5.74) is 6.72. The van der Waals surface area contributed by atoms with Crippen molar-refractivity contribution >= 4 is 0 Å². The second-order valence-corrected chi connectivity index (χ2v) is 9.64. The maximum atomic E-state index is 9.91. The van der Waals surface area contributed by atoms with E-state index in [2.05, 4.69) is 72.8 Å². The third kappa shape index (κ3) is 4.63. The lowest BCUT2D eigenvalue weighted by Gasteiger charge is -2.34. The van der Waals surface area contributed by atoms with Gasteiger partial charge in [0.25, 0.3) is 0 Å². The smallest absolute Gasteiger partial charge is 0.119 e. The second-order valence-electron chi connectivity index (χ2n) is 9.64. The molecule has 190 valence electrons. The largest absolute Gasteiger partial charge is 0.491 e. The molecule has 0 spiro atoms. The normalized spacial score (nSPS) is 14.9. The van der Waals surface area contributed by atoms with E-state index in [0.717, 1.165) is 22.6 Å². The summed E-state index contributed by atoms with van der Waals surface area (Å²) in [6, 6.07) is 33.7. The molecule has 0 amide bonds. The van der Waals surface area contributed by atoms with E-state index in [0.29, 0.717) is 12.8 Å². The van der Waals surface area contributed by atoms with Gasteiger partial charge in [-0.1, -0.05) is 86.6 Å². The van der Waals surface area contributed by atoms with Gasteiger partial charge in [0.15, 0.2) is 0 Å². The molecule has 0 heterocycles. The number of ether oxygens (including phenoxy) is 2. The third-order valence-corrected chi connectivity index (χ3v) is 7.35. The molecule has 0 bridgehead atoms. The molecule has 4 heteroatoms. The Morgan fingerprint density at radius 3 is 1.32 bits per heavy atom. The molecule has 4 nitrogen and oxygen atoms in total. The van der Waals surface area contributed by atoms with Gasteiger partial charge >= 0.3 is 0 Å². The predicted octanol–water partition coefficient (Wildman–Crippen LogP) is 6.35.